The van der Waals surface area contributed by atoms with E-state index < -0.39 is 18.0 Å². The molecule has 2 fully saturated rings. The van der Waals surface area contributed by atoms with E-state index >= 15 is 0 Å². The van der Waals surface area contributed by atoms with Crippen molar-refractivity contribution in [3.63, 3.8) is 0 Å². The molecule has 148 valence electrons. The van der Waals surface area contributed by atoms with E-state index in [4.69, 9.17) is 0 Å². The van der Waals surface area contributed by atoms with E-state index in [1.165, 1.54) is 0 Å². The molecule has 3 heterocycles. The maximum Gasteiger partial charge on any atom is 0.393 e. The van der Waals surface area contributed by atoms with Gasteiger partial charge in [-0.05, 0) is 25.0 Å². The van der Waals surface area contributed by atoms with Gasteiger partial charge in [0.25, 0.3) is 0 Å². The molecule has 0 spiro atoms. The van der Waals surface area contributed by atoms with Gasteiger partial charge in [0, 0.05) is 38.4 Å². The normalized spacial score (nSPS) is 23.7. The highest BCUT2D eigenvalue weighted by atomic mass is 35.5. The van der Waals surface area contributed by atoms with Crippen molar-refractivity contribution in [3.05, 3.63) is 18.3 Å². The predicted molar refractivity (Wildman–Crippen MR) is 95.7 cm³/mol. The Morgan fingerprint density at radius 3 is 2.50 bits per heavy atom. The van der Waals surface area contributed by atoms with Crippen molar-refractivity contribution >= 4 is 36.5 Å². The number of carbonyl (C=O) groups excluding carboxylic acids is 1. The molecular weight excluding hydrogens is 394 g/mol. The molecule has 6 nitrogen and oxygen atoms in total. The number of nitrogens with zero attached hydrogens (tertiary/aromatic N) is 3. The van der Waals surface area contributed by atoms with Crippen LogP contribution in [-0.4, -0.2) is 59.4 Å². The second-order valence-corrected chi connectivity index (χ2v) is 6.27. The fourth-order valence-corrected chi connectivity index (χ4v) is 3.35. The molecule has 2 N–H and O–H groups in total. The van der Waals surface area contributed by atoms with Crippen LogP contribution in [0.1, 0.15) is 12.8 Å². The number of amides is 1. The summed E-state index contributed by atoms with van der Waals surface area (Å²) in [5.41, 5.74) is 0. The van der Waals surface area contributed by atoms with Gasteiger partial charge in [-0.25, -0.2) is 0 Å². The van der Waals surface area contributed by atoms with Crippen molar-refractivity contribution < 1.29 is 18.0 Å². The molecule has 0 aliphatic carbocycles. The number of carbonyl (C=O) groups is 1. The number of piperidine rings is 1. The number of hydrogen-bond acceptors (Lipinski definition) is 5. The quantitative estimate of drug-likeness (QED) is 0.790. The summed E-state index contributed by atoms with van der Waals surface area (Å²) in [6.45, 7) is 0.834. The summed E-state index contributed by atoms with van der Waals surface area (Å²) in [5, 5.41) is 13.7. The number of rotatable bonds is 3. The average molecular weight is 416 g/mol. The summed E-state index contributed by atoms with van der Waals surface area (Å²) in [6.07, 6.45) is -1.40. The highest BCUT2D eigenvalue weighted by Gasteiger charge is 2.50. The Labute approximate surface area is 162 Å². The first-order valence-electron chi connectivity index (χ1n) is 8.05. The minimum atomic E-state index is -4.34. The Hall–Kier alpha value is -1.32. The SMILES string of the molecule is Cl.Cl.O=C([C@@H]1CNC[C@H]1C(F)(F)F)N1CCC(Nc2cccnn2)CC1. The first-order valence-corrected chi connectivity index (χ1v) is 8.05. The van der Waals surface area contributed by atoms with Crippen LogP contribution in [0, 0.1) is 11.8 Å². The topological polar surface area (TPSA) is 70.2 Å². The van der Waals surface area contributed by atoms with Crippen molar-refractivity contribution in [2.24, 2.45) is 11.8 Å². The highest BCUT2D eigenvalue weighted by molar-refractivity contribution is 5.85. The molecule has 2 atom stereocenters. The second-order valence-electron chi connectivity index (χ2n) is 6.27. The van der Waals surface area contributed by atoms with Gasteiger partial charge in [-0.1, -0.05) is 0 Å². The summed E-state index contributed by atoms with van der Waals surface area (Å²) in [5.74, 6) is -2.31. The largest absolute Gasteiger partial charge is 0.393 e. The molecule has 0 bridgehead atoms. The zero-order valence-electron chi connectivity index (χ0n) is 13.9. The Morgan fingerprint density at radius 2 is 1.92 bits per heavy atom. The molecule has 1 aromatic heterocycles. The Bertz CT molecular complexity index is 570. The fourth-order valence-electron chi connectivity index (χ4n) is 3.35. The average Bonchev–Trinajstić information content (AvgIpc) is 3.06. The number of aromatic nitrogens is 2. The zero-order chi connectivity index (χ0) is 17.2. The minimum absolute atomic E-state index is 0. The lowest BCUT2D eigenvalue weighted by Gasteiger charge is -2.35. The monoisotopic (exact) mass is 415 g/mol. The number of hydrogen-bond donors (Lipinski definition) is 2. The number of nitrogens with one attached hydrogen (secondary N) is 2. The molecule has 1 amide bonds. The Kier molecular flexibility index (Phi) is 8.36. The number of likely N-dealkylation sites (tertiary alicyclic amines) is 1. The van der Waals surface area contributed by atoms with Gasteiger partial charge in [-0.3, -0.25) is 4.79 Å². The van der Waals surface area contributed by atoms with Crippen LogP contribution in [0.2, 0.25) is 0 Å². The van der Waals surface area contributed by atoms with E-state index in [-0.39, 0.29) is 49.9 Å². The first kappa shape index (κ1) is 22.7. The van der Waals surface area contributed by atoms with Gasteiger partial charge in [0.1, 0.15) is 5.82 Å². The third-order valence-corrected chi connectivity index (χ3v) is 4.68. The molecular formula is C15H22Cl2F3N5O. The molecule has 2 aliphatic rings. The van der Waals surface area contributed by atoms with E-state index in [1.54, 1.807) is 17.2 Å². The summed E-state index contributed by atoms with van der Waals surface area (Å²) in [6, 6.07) is 3.73. The number of anilines is 1. The van der Waals surface area contributed by atoms with E-state index in [2.05, 4.69) is 20.8 Å². The summed E-state index contributed by atoms with van der Waals surface area (Å²) in [4.78, 5) is 14.0. The maximum atomic E-state index is 13.0. The molecule has 0 aromatic carbocycles. The standard InChI is InChI=1S/C15H20F3N5O.2ClH/c16-15(17,18)12-9-19-8-11(12)14(24)23-6-3-10(4-7-23)21-13-2-1-5-20-22-13;;/h1-2,5,10-12,19H,3-4,6-9H2,(H,21,22);2*1H/t11-,12-;;/m1../s1. The van der Waals surface area contributed by atoms with Gasteiger partial charge in [0.15, 0.2) is 0 Å². The lowest BCUT2D eigenvalue weighted by molar-refractivity contribution is -0.185. The van der Waals surface area contributed by atoms with Gasteiger partial charge < -0.3 is 15.5 Å². The van der Waals surface area contributed by atoms with Gasteiger partial charge in [-0.2, -0.15) is 18.3 Å². The van der Waals surface area contributed by atoms with Gasteiger partial charge >= 0.3 is 6.18 Å². The Morgan fingerprint density at radius 1 is 1.23 bits per heavy atom. The molecule has 11 heteroatoms. The van der Waals surface area contributed by atoms with E-state index in [1.807, 2.05) is 6.07 Å². The summed E-state index contributed by atoms with van der Waals surface area (Å²) < 4.78 is 39.0. The molecule has 0 saturated carbocycles. The van der Waals surface area contributed by atoms with Crippen molar-refractivity contribution in [3.8, 4) is 0 Å². The van der Waals surface area contributed by atoms with Crippen LogP contribution in [-0.2, 0) is 4.79 Å². The fraction of sp³-hybridized carbons (Fsp3) is 0.667. The lowest BCUT2D eigenvalue weighted by atomic mass is 9.92. The van der Waals surface area contributed by atoms with E-state index in [0.29, 0.717) is 31.7 Å². The van der Waals surface area contributed by atoms with Crippen LogP contribution < -0.4 is 10.6 Å². The van der Waals surface area contributed by atoms with Crippen molar-refractivity contribution in [1.29, 1.82) is 0 Å². The highest BCUT2D eigenvalue weighted by Crippen LogP contribution is 2.35. The second kappa shape index (κ2) is 9.57. The molecule has 2 saturated heterocycles. The molecule has 26 heavy (non-hydrogen) atoms. The lowest BCUT2D eigenvalue weighted by Crippen LogP contribution is -2.47. The third kappa shape index (κ3) is 5.34. The number of halogens is 5. The maximum absolute atomic E-state index is 13.0. The third-order valence-electron chi connectivity index (χ3n) is 4.68. The van der Waals surface area contributed by atoms with Crippen LogP contribution >= 0.6 is 24.8 Å². The zero-order valence-corrected chi connectivity index (χ0v) is 15.5. The first-order chi connectivity index (χ1) is 11.4. The van der Waals surface area contributed by atoms with Gasteiger partial charge in [0.05, 0.1) is 11.8 Å². The smallest absolute Gasteiger partial charge is 0.366 e. The van der Waals surface area contributed by atoms with Crippen molar-refractivity contribution in [2.45, 2.75) is 25.1 Å². The summed E-state index contributed by atoms with van der Waals surface area (Å²) >= 11 is 0. The van der Waals surface area contributed by atoms with Gasteiger partial charge in [0.2, 0.25) is 5.91 Å². The van der Waals surface area contributed by atoms with Crippen molar-refractivity contribution in [1.82, 2.24) is 20.4 Å². The Balaban J connectivity index is 0.00000169. The van der Waals surface area contributed by atoms with Crippen LogP contribution in [0.5, 0.6) is 0 Å². The minimum Gasteiger partial charge on any atom is -0.366 e. The molecule has 3 rings (SSSR count). The molecule has 1 aromatic rings. The van der Waals surface area contributed by atoms with Crippen LogP contribution in [0.25, 0.3) is 0 Å². The number of alkyl halides is 3. The summed E-state index contributed by atoms with van der Waals surface area (Å²) in [7, 11) is 0. The predicted octanol–water partition coefficient (Wildman–Crippen LogP) is 2.12. The molecule has 0 radical (unpaired) electrons. The van der Waals surface area contributed by atoms with E-state index in [0.717, 1.165) is 0 Å². The molecule has 0 unspecified atom stereocenters. The van der Waals surface area contributed by atoms with Crippen LogP contribution in [0.4, 0.5) is 19.0 Å². The van der Waals surface area contributed by atoms with Gasteiger partial charge in [-0.15, -0.1) is 29.9 Å². The van der Waals surface area contributed by atoms with E-state index in [9.17, 15) is 18.0 Å². The van der Waals surface area contributed by atoms with Crippen LogP contribution in [0.3, 0.4) is 0 Å². The van der Waals surface area contributed by atoms with Crippen molar-refractivity contribution in [2.75, 3.05) is 31.5 Å². The van der Waals surface area contributed by atoms with Crippen LogP contribution in [0.15, 0.2) is 18.3 Å². The molecule has 2 aliphatic heterocycles.